The Labute approximate surface area is 257 Å². The molecule has 14 heteroatoms. The molecular formula is C30H43FN6O7. The summed E-state index contributed by atoms with van der Waals surface area (Å²) in [4.78, 5) is 56.2. The number of nitrogens with zero attached hydrogens (tertiary/aromatic N) is 5. The molecule has 13 nitrogen and oxygen atoms in total. The molecule has 2 atom stereocenters. The number of carboxylic acid groups (broad SMARTS) is 1. The van der Waals surface area contributed by atoms with Crippen molar-refractivity contribution in [2.45, 2.75) is 47.1 Å². The normalized spacial score (nSPS) is 17.4. The van der Waals surface area contributed by atoms with Crippen LogP contribution in [0.15, 0.2) is 36.9 Å². The fourth-order valence-corrected chi connectivity index (χ4v) is 4.92. The van der Waals surface area contributed by atoms with Gasteiger partial charge in [0.1, 0.15) is 11.5 Å². The summed E-state index contributed by atoms with van der Waals surface area (Å²) in [6, 6.07) is 6.17. The van der Waals surface area contributed by atoms with Crippen molar-refractivity contribution in [3.05, 3.63) is 54.1 Å². The zero-order valence-electron chi connectivity index (χ0n) is 24.7. The van der Waals surface area contributed by atoms with Crippen LogP contribution in [0.1, 0.15) is 50.8 Å². The summed E-state index contributed by atoms with van der Waals surface area (Å²) >= 11 is 0. The predicted molar refractivity (Wildman–Crippen MR) is 158 cm³/mol. The SMILES string of the molecule is C.C=CC(=O)O.CCc1c(C(=O)N(CC(C)C)[C@@H]2CNC[C@H](C(=O)N3CCOCC3)C2)nnn1-c1ccccc1F.O=C=O. The van der Waals surface area contributed by atoms with Gasteiger partial charge in [0.15, 0.2) is 5.69 Å². The maximum Gasteiger partial charge on any atom is 0.373 e. The molecule has 0 bridgehead atoms. The minimum absolute atomic E-state index is 0. The maximum absolute atomic E-state index is 14.5. The molecule has 2 aliphatic heterocycles. The van der Waals surface area contributed by atoms with E-state index >= 15 is 0 Å². The fraction of sp³-hybridized carbons (Fsp3) is 0.533. The summed E-state index contributed by atoms with van der Waals surface area (Å²) in [6.45, 7) is 13.0. The number of nitrogens with one attached hydrogen (secondary N) is 1. The van der Waals surface area contributed by atoms with Gasteiger partial charge in [0, 0.05) is 44.8 Å². The maximum atomic E-state index is 14.5. The first-order valence-electron chi connectivity index (χ1n) is 14.0. The van der Waals surface area contributed by atoms with Gasteiger partial charge in [-0.1, -0.05) is 52.1 Å². The van der Waals surface area contributed by atoms with Crippen LogP contribution in [0.2, 0.25) is 0 Å². The highest BCUT2D eigenvalue weighted by Gasteiger charge is 2.37. The van der Waals surface area contributed by atoms with Gasteiger partial charge in [-0.25, -0.2) is 13.9 Å². The molecule has 3 heterocycles. The first-order valence-corrected chi connectivity index (χ1v) is 14.0. The minimum Gasteiger partial charge on any atom is -0.478 e. The number of piperidine rings is 1. The molecule has 2 N–H and O–H groups in total. The van der Waals surface area contributed by atoms with E-state index < -0.39 is 11.8 Å². The van der Waals surface area contributed by atoms with Crippen LogP contribution in [0.3, 0.4) is 0 Å². The van der Waals surface area contributed by atoms with E-state index in [-0.39, 0.29) is 54.7 Å². The minimum atomic E-state index is -0.981. The quantitative estimate of drug-likeness (QED) is 0.419. The van der Waals surface area contributed by atoms with Crippen LogP contribution in [-0.2, 0) is 30.3 Å². The second-order valence-electron chi connectivity index (χ2n) is 10.3. The number of halogens is 1. The Balaban J connectivity index is 0.000000962. The number of amides is 2. The van der Waals surface area contributed by atoms with Crippen LogP contribution in [0.25, 0.3) is 5.69 Å². The number of morpholine rings is 1. The summed E-state index contributed by atoms with van der Waals surface area (Å²) in [5, 5.41) is 19.3. The molecular weight excluding hydrogens is 575 g/mol. The molecule has 0 saturated carbocycles. The van der Waals surface area contributed by atoms with E-state index in [4.69, 9.17) is 19.4 Å². The van der Waals surface area contributed by atoms with Crippen molar-refractivity contribution >= 4 is 23.9 Å². The van der Waals surface area contributed by atoms with E-state index in [1.807, 2.05) is 16.7 Å². The Morgan fingerprint density at radius 3 is 2.39 bits per heavy atom. The molecule has 44 heavy (non-hydrogen) atoms. The van der Waals surface area contributed by atoms with E-state index in [0.29, 0.717) is 64.5 Å². The summed E-state index contributed by atoms with van der Waals surface area (Å²) in [5.74, 6) is -1.50. The molecule has 0 radical (unpaired) electrons. The number of ether oxygens (including phenoxy) is 1. The Morgan fingerprint density at radius 1 is 1.23 bits per heavy atom. The lowest BCUT2D eigenvalue weighted by Crippen LogP contribution is -2.56. The van der Waals surface area contributed by atoms with Crippen molar-refractivity contribution in [3.8, 4) is 5.69 Å². The van der Waals surface area contributed by atoms with Crippen molar-refractivity contribution < 1.29 is 38.2 Å². The number of para-hydroxylation sites is 1. The van der Waals surface area contributed by atoms with Crippen LogP contribution >= 0.6 is 0 Å². The van der Waals surface area contributed by atoms with Crippen LogP contribution in [0.5, 0.6) is 0 Å². The summed E-state index contributed by atoms with van der Waals surface area (Å²) in [5.41, 5.74) is 1.07. The molecule has 0 aliphatic carbocycles. The molecule has 2 saturated heterocycles. The number of hydrogen-bond donors (Lipinski definition) is 2. The van der Waals surface area contributed by atoms with E-state index in [0.717, 1.165) is 6.08 Å². The third-order valence-corrected chi connectivity index (χ3v) is 6.82. The van der Waals surface area contributed by atoms with Crippen LogP contribution in [-0.4, -0.2) is 106 Å². The van der Waals surface area contributed by atoms with Gasteiger partial charge >= 0.3 is 12.1 Å². The average Bonchev–Trinajstić information content (AvgIpc) is 3.44. The molecule has 242 valence electrons. The van der Waals surface area contributed by atoms with Gasteiger partial charge in [-0.05, 0) is 30.9 Å². The van der Waals surface area contributed by atoms with Crippen molar-refractivity contribution in [2.24, 2.45) is 11.8 Å². The Hall–Kier alpha value is -4.26. The van der Waals surface area contributed by atoms with E-state index in [9.17, 15) is 18.8 Å². The Kier molecular flexibility index (Phi) is 16.4. The van der Waals surface area contributed by atoms with Crippen molar-refractivity contribution in [3.63, 3.8) is 0 Å². The first-order chi connectivity index (χ1) is 20.6. The second-order valence-corrected chi connectivity index (χ2v) is 10.3. The number of benzene rings is 1. The van der Waals surface area contributed by atoms with Gasteiger partial charge in [-0.3, -0.25) is 9.59 Å². The largest absolute Gasteiger partial charge is 0.478 e. The van der Waals surface area contributed by atoms with E-state index in [1.54, 1.807) is 18.2 Å². The summed E-state index contributed by atoms with van der Waals surface area (Å²) < 4.78 is 21.3. The van der Waals surface area contributed by atoms with Gasteiger partial charge in [0.25, 0.3) is 5.91 Å². The summed E-state index contributed by atoms with van der Waals surface area (Å²) in [6.07, 6.45) is 2.14. The zero-order chi connectivity index (χ0) is 31.9. The lowest BCUT2D eigenvalue weighted by molar-refractivity contribution is -0.191. The topological polar surface area (TPSA) is 164 Å². The van der Waals surface area contributed by atoms with Crippen molar-refractivity contribution in [1.29, 1.82) is 0 Å². The number of carbonyl (C=O) groups is 3. The standard InChI is InChI=1S/C25H35FN6O3.C3H4O2.CO2.CH4/c1-4-21-23(28-29-32(21)22-8-6-5-7-20(22)26)25(34)31(16-17(2)3)19-13-18(14-27-15-19)24(33)30-9-11-35-12-10-30;1-2-3(4)5;2-1-3;/h5-8,17-19,27H,4,9-16H2,1-3H3;2H,1H2,(H,4,5);;1H4/t18-,19+;;;/m1.../s1. The summed E-state index contributed by atoms with van der Waals surface area (Å²) in [7, 11) is 0. The lowest BCUT2D eigenvalue weighted by atomic mass is 9.92. The van der Waals surface area contributed by atoms with Crippen molar-refractivity contribution in [2.75, 3.05) is 45.9 Å². The predicted octanol–water partition coefficient (Wildman–Crippen LogP) is 2.21. The van der Waals surface area contributed by atoms with Gasteiger partial charge in [-0.2, -0.15) is 9.59 Å². The van der Waals surface area contributed by atoms with Crippen LogP contribution in [0.4, 0.5) is 4.39 Å². The van der Waals surface area contributed by atoms with E-state index in [2.05, 4.69) is 36.1 Å². The lowest BCUT2D eigenvalue weighted by Gasteiger charge is -2.40. The number of carbonyl (C=O) groups excluding carboxylic acids is 4. The highest BCUT2D eigenvalue weighted by Crippen LogP contribution is 2.24. The molecule has 2 amide bonds. The van der Waals surface area contributed by atoms with Gasteiger partial charge in [-0.15, -0.1) is 5.10 Å². The van der Waals surface area contributed by atoms with Gasteiger partial charge < -0.3 is 25.0 Å². The highest BCUT2D eigenvalue weighted by atomic mass is 19.1. The number of aromatic nitrogens is 3. The number of carboxylic acids is 1. The zero-order valence-corrected chi connectivity index (χ0v) is 24.7. The molecule has 4 rings (SSSR count). The molecule has 1 aromatic heterocycles. The highest BCUT2D eigenvalue weighted by molar-refractivity contribution is 5.94. The van der Waals surface area contributed by atoms with Crippen LogP contribution < -0.4 is 5.32 Å². The third kappa shape index (κ3) is 10.5. The van der Waals surface area contributed by atoms with Crippen molar-refractivity contribution in [1.82, 2.24) is 30.1 Å². The average molecular weight is 619 g/mol. The molecule has 0 spiro atoms. The van der Waals surface area contributed by atoms with Crippen LogP contribution in [0, 0.1) is 17.7 Å². The van der Waals surface area contributed by atoms with Gasteiger partial charge in [0.2, 0.25) is 5.91 Å². The molecule has 0 unspecified atom stereocenters. The number of hydrogen-bond acceptors (Lipinski definition) is 9. The number of rotatable bonds is 8. The van der Waals surface area contributed by atoms with E-state index in [1.165, 1.54) is 10.7 Å². The Morgan fingerprint density at radius 2 is 1.84 bits per heavy atom. The Bertz CT molecular complexity index is 1270. The monoisotopic (exact) mass is 618 g/mol. The van der Waals surface area contributed by atoms with Gasteiger partial charge in [0.05, 0.1) is 24.8 Å². The second kappa shape index (κ2) is 19.1. The molecule has 2 aromatic rings. The smallest absolute Gasteiger partial charge is 0.373 e. The molecule has 2 fully saturated rings. The molecule has 1 aromatic carbocycles. The third-order valence-electron chi connectivity index (χ3n) is 6.82. The number of aliphatic carboxylic acids is 1. The molecule has 2 aliphatic rings. The first kappa shape index (κ1) is 37.8. The fourth-order valence-electron chi connectivity index (χ4n) is 4.92.